The van der Waals surface area contributed by atoms with Crippen LogP contribution in [0.25, 0.3) is 22.3 Å². The molecule has 2 N–H and O–H groups in total. The lowest BCUT2D eigenvalue weighted by Crippen LogP contribution is -2.13. The number of thioether (sulfide) groups is 1. The van der Waals surface area contributed by atoms with Gasteiger partial charge in [0.25, 0.3) is 10.0 Å². The number of alkyl halides is 3. The molecule has 4 aromatic rings. The zero-order valence-electron chi connectivity index (χ0n) is 16.8. The maximum Gasteiger partial charge on any atom is 0.417 e. The monoisotopic (exact) mass is 479 g/mol. The summed E-state index contributed by atoms with van der Waals surface area (Å²) < 4.78 is 67.6. The van der Waals surface area contributed by atoms with Crippen LogP contribution in [-0.4, -0.2) is 33.6 Å². The molecular weight excluding hydrogens is 463 g/mol. The fourth-order valence-electron chi connectivity index (χ4n) is 3.12. The summed E-state index contributed by atoms with van der Waals surface area (Å²) in [6.07, 6.45) is 0.175. The number of fused-ring (bicyclic) bond motifs is 1. The van der Waals surface area contributed by atoms with E-state index in [1.54, 1.807) is 25.3 Å². The zero-order valence-corrected chi connectivity index (χ0v) is 18.4. The van der Waals surface area contributed by atoms with E-state index in [4.69, 9.17) is 5.73 Å². The molecule has 1 aromatic carbocycles. The smallest absolute Gasteiger partial charge is 0.396 e. The van der Waals surface area contributed by atoms with E-state index in [1.807, 2.05) is 0 Å². The number of nitrogen functional groups attached to an aromatic ring is 1. The fourth-order valence-corrected chi connectivity index (χ4v) is 4.78. The Labute approximate surface area is 185 Å². The van der Waals surface area contributed by atoms with Crippen molar-refractivity contribution in [3.05, 3.63) is 60.0 Å². The van der Waals surface area contributed by atoms with Gasteiger partial charge in [0.15, 0.2) is 10.8 Å². The van der Waals surface area contributed by atoms with Crippen molar-refractivity contribution in [2.75, 3.05) is 12.0 Å². The van der Waals surface area contributed by atoms with Gasteiger partial charge in [-0.15, -0.1) is 0 Å². The summed E-state index contributed by atoms with van der Waals surface area (Å²) in [6.45, 7) is 1.81. The maximum atomic E-state index is 13.4. The lowest BCUT2D eigenvalue weighted by atomic mass is 10.1. The first kappa shape index (κ1) is 22.1. The molecule has 166 valence electrons. The third kappa shape index (κ3) is 3.79. The lowest BCUT2D eigenvalue weighted by molar-refractivity contribution is -0.137. The van der Waals surface area contributed by atoms with E-state index < -0.39 is 21.8 Å². The number of benzene rings is 1. The Kier molecular flexibility index (Phi) is 5.37. The van der Waals surface area contributed by atoms with Crippen LogP contribution in [0.15, 0.2) is 59.0 Å². The van der Waals surface area contributed by atoms with Gasteiger partial charge in [-0.1, -0.05) is 29.5 Å². The predicted octanol–water partition coefficient (Wildman–Crippen LogP) is 4.36. The summed E-state index contributed by atoms with van der Waals surface area (Å²) in [5.41, 5.74) is 5.98. The number of aromatic nitrogens is 4. The second-order valence-electron chi connectivity index (χ2n) is 6.91. The Morgan fingerprint density at radius 2 is 1.78 bits per heavy atom. The molecule has 0 spiro atoms. The Hall–Kier alpha value is -3.12. The van der Waals surface area contributed by atoms with E-state index >= 15 is 0 Å². The highest BCUT2D eigenvalue weighted by Crippen LogP contribution is 2.37. The predicted molar refractivity (Wildman–Crippen MR) is 116 cm³/mol. The quantitative estimate of drug-likeness (QED) is 0.343. The highest BCUT2D eigenvalue weighted by Gasteiger charge is 2.33. The van der Waals surface area contributed by atoms with Gasteiger partial charge in [0, 0.05) is 23.3 Å². The standard InChI is InChI=1S/C20H16F3N5O2S2/c1-11-3-5-13(6-4-11)32(29,30)28-10-15(17-16(24)9-26-19(27-17)31-2)14-7-12(20(21,22)23)8-25-18(14)28/h3-10H,24H2,1-2H3. The SMILES string of the molecule is CSc1ncc(N)c(-c2cn(S(=O)(=O)c3ccc(C)cc3)c3ncc(C(F)(F)F)cc23)n1. The van der Waals surface area contributed by atoms with Crippen LogP contribution in [0, 0.1) is 6.92 Å². The number of nitrogens with zero attached hydrogens (tertiary/aromatic N) is 4. The molecule has 0 aliphatic heterocycles. The number of halogens is 3. The Morgan fingerprint density at radius 3 is 2.41 bits per heavy atom. The van der Waals surface area contributed by atoms with Crippen molar-refractivity contribution in [1.29, 1.82) is 0 Å². The fraction of sp³-hybridized carbons (Fsp3) is 0.150. The van der Waals surface area contributed by atoms with E-state index in [-0.39, 0.29) is 32.9 Å². The van der Waals surface area contributed by atoms with Gasteiger partial charge in [0.05, 0.1) is 22.3 Å². The lowest BCUT2D eigenvalue weighted by Gasteiger charge is -2.09. The van der Waals surface area contributed by atoms with Crippen LogP contribution in [0.1, 0.15) is 11.1 Å². The number of nitrogens with two attached hydrogens (primary N) is 1. The number of hydrogen-bond donors (Lipinski definition) is 1. The highest BCUT2D eigenvalue weighted by molar-refractivity contribution is 7.98. The molecule has 7 nitrogen and oxygen atoms in total. The minimum absolute atomic E-state index is 0.0336. The van der Waals surface area contributed by atoms with Crippen LogP contribution in [0.4, 0.5) is 18.9 Å². The van der Waals surface area contributed by atoms with E-state index in [0.29, 0.717) is 11.4 Å². The van der Waals surface area contributed by atoms with E-state index in [1.165, 1.54) is 36.3 Å². The van der Waals surface area contributed by atoms with Gasteiger partial charge >= 0.3 is 6.18 Å². The van der Waals surface area contributed by atoms with Crippen LogP contribution in [0.5, 0.6) is 0 Å². The maximum absolute atomic E-state index is 13.4. The molecule has 0 fully saturated rings. The average Bonchev–Trinajstić information content (AvgIpc) is 3.13. The van der Waals surface area contributed by atoms with Crippen LogP contribution < -0.4 is 5.73 Å². The van der Waals surface area contributed by atoms with Crippen LogP contribution in [0.3, 0.4) is 0 Å². The van der Waals surface area contributed by atoms with Gasteiger partial charge in [0.2, 0.25) is 0 Å². The molecule has 0 radical (unpaired) electrons. The summed E-state index contributed by atoms with van der Waals surface area (Å²) in [6, 6.07) is 6.94. The normalized spacial score (nSPS) is 12.4. The molecule has 0 aliphatic carbocycles. The number of anilines is 1. The highest BCUT2D eigenvalue weighted by atomic mass is 32.2. The topological polar surface area (TPSA) is 104 Å². The zero-order chi connectivity index (χ0) is 23.3. The third-order valence-electron chi connectivity index (χ3n) is 4.75. The van der Waals surface area contributed by atoms with E-state index in [9.17, 15) is 21.6 Å². The summed E-state index contributed by atoms with van der Waals surface area (Å²) in [7, 11) is -4.16. The first-order valence-electron chi connectivity index (χ1n) is 9.10. The van der Waals surface area contributed by atoms with Gasteiger partial charge in [-0.2, -0.15) is 13.2 Å². The molecule has 0 amide bonds. The van der Waals surface area contributed by atoms with Gasteiger partial charge < -0.3 is 5.73 Å². The minimum Gasteiger partial charge on any atom is -0.396 e. The van der Waals surface area contributed by atoms with E-state index in [0.717, 1.165) is 15.6 Å². The molecule has 4 rings (SSSR count). The largest absolute Gasteiger partial charge is 0.417 e. The summed E-state index contributed by atoms with van der Waals surface area (Å²) >= 11 is 1.21. The van der Waals surface area contributed by atoms with E-state index in [2.05, 4.69) is 15.0 Å². The summed E-state index contributed by atoms with van der Waals surface area (Å²) in [5, 5.41) is 0.282. The summed E-state index contributed by atoms with van der Waals surface area (Å²) in [5.74, 6) is 0. The van der Waals surface area contributed by atoms with Crippen LogP contribution >= 0.6 is 11.8 Å². The number of aryl methyl sites for hydroxylation is 1. The Bertz CT molecular complexity index is 1430. The van der Waals surface area contributed by atoms with Crippen molar-refractivity contribution in [3.63, 3.8) is 0 Å². The number of pyridine rings is 1. The third-order valence-corrected chi connectivity index (χ3v) is 6.98. The van der Waals surface area contributed by atoms with Crippen LogP contribution in [-0.2, 0) is 16.2 Å². The van der Waals surface area contributed by atoms with Gasteiger partial charge in [-0.3, -0.25) is 0 Å². The molecule has 32 heavy (non-hydrogen) atoms. The molecule has 0 atom stereocenters. The molecule has 3 heterocycles. The molecule has 0 aliphatic rings. The van der Waals surface area contributed by atoms with Crippen molar-refractivity contribution < 1.29 is 21.6 Å². The first-order chi connectivity index (χ1) is 15.0. The van der Waals surface area contributed by atoms with Crippen molar-refractivity contribution in [1.82, 2.24) is 18.9 Å². The average molecular weight is 480 g/mol. The first-order valence-corrected chi connectivity index (χ1v) is 11.8. The van der Waals surface area contributed by atoms with Crippen molar-refractivity contribution in [2.24, 2.45) is 0 Å². The Balaban J connectivity index is 2.05. The van der Waals surface area contributed by atoms with Gasteiger partial charge in [-0.25, -0.2) is 27.3 Å². The van der Waals surface area contributed by atoms with Crippen LogP contribution in [0.2, 0.25) is 0 Å². The molecular formula is C20H16F3N5O2S2. The van der Waals surface area contributed by atoms with Crippen molar-refractivity contribution >= 4 is 38.5 Å². The molecule has 3 aromatic heterocycles. The molecule has 0 bridgehead atoms. The molecule has 0 unspecified atom stereocenters. The van der Waals surface area contributed by atoms with Crippen molar-refractivity contribution in [2.45, 2.75) is 23.2 Å². The second-order valence-corrected chi connectivity index (χ2v) is 9.50. The molecule has 0 saturated heterocycles. The minimum atomic E-state index is -4.67. The van der Waals surface area contributed by atoms with Gasteiger partial charge in [-0.05, 0) is 31.4 Å². The second kappa shape index (κ2) is 7.78. The number of hydrogen-bond acceptors (Lipinski definition) is 7. The van der Waals surface area contributed by atoms with Crippen molar-refractivity contribution in [3.8, 4) is 11.3 Å². The van der Waals surface area contributed by atoms with Gasteiger partial charge in [0.1, 0.15) is 5.69 Å². The molecule has 0 saturated carbocycles. The number of rotatable bonds is 4. The summed E-state index contributed by atoms with van der Waals surface area (Å²) in [4.78, 5) is 12.1. The molecule has 12 heteroatoms. The Morgan fingerprint density at radius 1 is 1.09 bits per heavy atom.